The lowest BCUT2D eigenvalue weighted by Gasteiger charge is -2.27. The van der Waals surface area contributed by atoms with Crippen molar-refractivity contribution in [3.05, 3.63) is 0 Å². The molecule has 0 spiro atoms. The first-order valence-corrected chi connectivity index (χ1v) is 5.58. The van der Waals surface area contributed by atoms with Crippen LogP contribution in [0.5, 0.6) is 0 Å². The van der Waals surface area contributed by atoms with Crippen LogP contribution in [0.4, 0.5) is 0 Å². The summed E-state index contributed by atoms with van der Waals surface area (Å²) in [5.41, 5.74) is 0. The Morgan fingerprint density at radius 2 is 1.54 bits per heavy atom. The molecule has 0 heterocycles. The van der Waals surface area contributed by atoms with Crippen molar-refractivity contribution in [2.75, 3.05) is 33.2 Å². The van der Waals surface area contributed by atoms with E-state index in [0.29, 0.717) is 0 Å². The molecule has 0 aromatic carbocycles. The smallest absolute Gasteiger partial charge is 0.0109 e. The highest BCUT2D eigenvalue weighted by Crippen LogP contribution is 1.99. The van der Waals surface area contributed by atoms with E-state index in [1.165, 1.54) is 32.6 Å². The number of hydrogen-bond donors (Lipinski definition) is 0. The fraction of sp³-hybridized carbons (Fsp3) is 1.00. The molecule has 1 atom stereocenters. The van der Waals surface area contributed by atoms with Gasteiger partial charge in [0.05, 0.1) is 0 Å². The minimum absolute atomic E-state index is 0.718. The average molecular weight is 186 g/mol. The summed E-state index contributed by atoms with van der Waals surface area (Å²) in [6.07, 6.45) is 1.24. The van der Waals surface area contributed by atoms with Gasteiger partial charge >= 0.3 is 0 Å². The van der Waals surface area contributed by atoms with Gasteiger partial charge < -0.3 is 9.80 Å². The molecule has 0 bridgehead atoms. The third-order valence-electron chi connectivity index (χ3n) is 3.01. The second-order valence-corrected chi connectivity index (χ2v) is 3.76. The summed E-state index contributed by atoms with van der Waals surface area (Å²) in [6.45, 7) is 13.7. The van der Waals surface area contributed by atoms with E-state index in [2.05, 4.69) is 44.5 Å². The van der Waals surface area contributed by atoms with Crippen molar-refractivity contribution >= 4 is 0 Å². The van der Waals surface area contributed by atoms with Crippen molar-refractivity contribution in [1.29, 1.82) is 0 Å². The molecule has 2 heteroatoms. The molecule has 80 valence electrons. The Bertz CT molecular complexity index is 111. The summed E-state index contributed by atoms with van der Waals surface area (Å²) in [4.78, 5) is 4.91. The molecule has 2 nitrogen and oxygen atoms in total. The Morgan fingerprint density at radius 3 is 1.92 bits per heavy atom. The molecule has 0 radical (unpaired) electrons. The second kappa shape index (κ2) is 7.34. The summed E-state index contributed by atoms with van der Waals surface area (Å²) in [5.74, 6) is 0. The Hall–Kier alpha value is -0.0800. The van der Waals surface area contributed by atoms with Crippen molar-refractivity contribution in [3.63, 3.8) is 0 Å². The van der Waals surface area contributed by atoms with Crippen LogP contribution in [0, 0.1) is 0 Å². The molecule has 0 rings (SSSR count). The third kappa shape index (κ3) is 5.27. The van der Waals surface area contributed by atoms with E-state index in [0.717, 1.165) is 6.04 Å². The van der Waals surface area contributed by atoms with Gasteiger partial charge in [0.25, 0.3) is 0 Å². The molecule has 0 unspecified atom stereocenters. The molecular formula is C11H26N2. The lowest BCUT2D eigenvalue weighted by molar-refractivity contribution is 0.202. The number of nitrogens with zero attached hydrogens (tertiary/aromatic N) is 2. The Kier molecular flexibility index (Phi) is 7.29. The molecule has 0 N–H and O–H groups in total. The lowest BCUT2D eigenvalue weighted by atomic mass is 10.2. The normalized spacial score (nSPS) is 14.1. The van der Waals surface area contributed by atoms with Crippen LogP contribution in [-0.4, -0.2) is 49.1 Å². The lowest BCUT2D eigenvalue weighted by Crippen LogP contribution is -2.37. The maximum atomic E-state index is 2.47. The molecule has 0 aliphatic carbocycles. The fourth-order valence-corrected chi connectivity index (χ4v) is 1.37. The SMILES string of the molecule is CC[C@H](C)N(C)CCN(CC)CC. The van der Waals surface area contributed by atoms with Gasteiger partial charge in [-0.05, 0) is 33.5 Å². The summed E-state index contributed by atoms with van der Waals surface area (Å²) in [5, 5.41) is 0. The highest BCUT2D eigenvalue weighted by atomic mass is 15.2. The molecule has 0 aliphatic rings. The first kappa shape index (κ1) is 12.9. The molecule has 0 fully saturated rings. The molecule has 0 saturated carbocycles. The van der Waals surface area contributed by atoms with Crippen molar-refractivity contribution < 1.29 is 0 Å². The molecule has 0 saturated heterocycles. The maximum Gasteiger partial charge on any atom is 0.0109 e. The van der Waals surface area contributed by atoms with Gasteiger partial charge in [-0.1, -0.05) is 20.8 Å². The topological polar surface area (TPSA) is 6.48 Å². The standard InChI is InChI=1S/C11H26N2/c1-6-11(4)12(5)9-10-13(7-2)8-3/h11H,6-10H2,1-5H3/t11-/m0/s1. The molecule has 0 aromatic heterocycles. The predicted octanol–water partition coefficient (Wildman–Crippen LogP) is 2.06. The minimum Gasteiger partial charge on any atom is -0.303 e. The van der Waals surface area contributed by atoms with E-state index in [1.807, 2.05) is 0 Å². The summed E-state index contributed by atoms with van der Waals surface area (Å²) >= 11 is 0. The average Bonchev–Trinajstić information content (AvgIpc) is 2.17. The van der Waals surface area contributed by atoms with Crippen molar-refractivity contribution in [1.82, 2.24) is 9.80 Å². The Balaban J connectivity index is 3.61. The van der Waals surface area contributed by atoms with Crippen molar-refractivity contribution in [2.24, 2.45) is 0 Å². The van der Waals surface area contributed by atoms with Crippen LogP contribution in [0.1, 0.15) is 34.1 Å². The molecule has 13 heavy (non-hydrogen) atoms. The van der Waals surface area contributed by atoms with Gasteiger partial charge in [-0.25, -0.2) is 0 Å². The van der Waals surface area contributed by atoms with Gasteiger partial charge in [-0.15, -0.1) is 0 Å². The number of likely N-dealkylation sites (N-methyl/N-ethyl adjacent to an activating group) is 2. The van der Waals surface area contributed by atoms with Crippen molar-refractivity contribution in [3.8, 4) is 0 Å². The monoisotopic (exact) mass is 186 g/mol. The second-order valence-electron chi connectivity index (χ2n) is 3.76. The van der Waals surface area contributed by atoms with Gasteiger partial charge in [-0.2, -0.15) is 0 Å². The summed E-state index contributed by atoms with van der Waals surface area (Å²) < 4.78 is 0. The van der Waals surface area contributed by atoms with Gasteiger partial charge in [0.2, 0.25) is 0 Å². The van der Waals surface area contributed by atoms with E-state index in [-0.39, 0.29) is 0 Å². The van der Waals surface area contributed by atoms with Crippen LogP contribution in [0.2, 0.25) is 0 Å². The van der Waals surface area contributed by atoms with Crippen LogP contribution in [-0.2, 0) is 0 Å². The number of rotatable bonds is 7. The van der Waals surface area contributed by atoms with E-state index in [4.69, 9.17) is 0 Å². The minimum atomic E-state index is 0.718. The van der Waals surface area contributed by atoms with E-state index >= 15 is 0 Å². The van der Waals surface area contributed by atoms with Crippen LogP contribution < -0.4 is 0 Å². The quantitative estimate of drug-likeness (QED) is 0.600. The molecule has 0 amide bonds. The molecule has 0 aliphatic heterocycles. The van der Waals surface area contributed by atoms with E-state index < -0.39 is 0 Å². The maximum absolute atomic E-state index is 2.47. The van der Waals surface area contributed by atoms with Crippen LogP contribution in [0.15, 0.2) is 0 Å². The first-order chi connectivity index (χ1) is 6.15. The molecule has 0 aromatic rings. The molecular weight excluding hydrogens is 160 g/mol. The van der Waals surface area contributed by atoms with Crippen LogP contribution in [0.25, 0.3) is 0 Å². The van der Waals surface area contributed by atoms with Crippen LogP contribution >= 0.6 is 0 Å². The van der Waals surface area contributed by atoms with E-state index in [9.17, 15) is 0 Å². The third-order valence-corrected chi connectivity index (χ3v) is 3.01. The largest absolute Gasteiger partial charge is 0.303 e. The zero-order valence-corrected chi connectivity index (χ0v) is 10.0. The first-order valence-electron chi connectivity index (χ1n) is 5.58. The van der Waals surface area contributed by atoms with Crippen molar-refractivity contribution in [2.45, 2.75) is 40.2 Å². The van der Waals surface area contributed by atoms with Gasteiger partial charge in [-0.3, -0.25) is 0 Å². The van der Waals surface area contributed by atoms with Gasteiger partial charge in [0.1, 0.15) is 0 Å². The van der Waals surface area contributed by atoms with Crippen LogP contribution in [0.3, 0.4) is 0 Å². The highest BCUT2D eigenvalue weighted by molar-refractivity contribution is 4.63. The van der Waals surface area contributed by atoms with E-state index in [1.54, 1.807) is 0 Å². The number of hydrogen-bond acceptors (Lipinski definition) is 2. The highest BCUT2D eigenvalue weighted by Gasteiger charge is 2.07. The zero-order valence-electron chi connectivity index (χ0n) is 10.0. The van der Waals surface area contributed by atoms with Gasteiger partial charge in [0, 0.05) is 19.1 Å². The van der Waals surface area contributed by atoms with Gasteiger partial charge in [0.15, 0.2) is 0 Å². The summed E-state index contributed by atoms with van der Waals surface area (Å²) in [6, 6.07) is 0.718. The zero-order chi connectivity index (χ0) is 10.3. The summed E-state index contributed by atoms with van der Waals surface area (Å²) in [7, 11) is 2.22. The predicted molar refractivity (Wildman–Crippen MR) is 60.2 cm³/mol. The Labute approximate surface area is 83.9 Å². The fourth-order valence-electron chi connectivity index (χ4n) is 1.37. The Morgan fingerprint density at radius 1 is 1.00 bits per heavy atom.